The van der Waals surface area contributed by atoms with E-state index in [-0.39, 0.29) is 24.7 Å². The summed E-state index contributed by atoms with van der Waals surface area (Å²) in [5.74, 6) is -0.369. The van der Waals surface area contributed by atoms with Crippen molar-refractivity contribution in [2.45, 2.75) is 19.1 Å². The fourth-order valence-electron chi connectivity index (χ4n) is 2.32. The van der Waals surface area contributed by atoms with Crippen LogP contribution in [-0.2, 0) is 14.8 Å². The normalized spacial score (nSPS) is 20.3. The molecule has 2 atom stereocenters. The van der Waals surface area contributed by atoms with Crippen LogP contribution in [0.25, 0.3) is 0 Å². The van der Waals surface area contributed by atoms with E-state index in [0.717, 1.165) is 0 Å². The van der Waals surface area contributed by atoms with Gasteiger partial charge in [-0.25, -0.2) is 13.1 Å². The lowest BCUT2D eigenvalue weighted by Gasteiger charge is -2.33. The highest BCUT2D eigenvalue weighted by atomic mass is 32.2. The molecule has 0 aliphatic carbocycles. The quantitative estimate of drug-likeness (QED) is 0.748. The number of hydrogen-bond acceptors (Lipinski definition) is 5. The average molecular weight is 342 g/mol. The molecule has 1 aliphatic rings. The van der Waals surface area contributed by atoms with Gasteiger partial charge in [0, 0.05) is 25.2 Å². The van der Waals surface area contributed by atoms with E-state index >= 15 is 0 Å². The molecule has 0 aromatic heterocycles. The number of ether oxygens (including phenoxy) is 1. The number of carbonyl (C=O) groups excluding carboxylic acids is 1. The van der Waals surface area contributed by atoms with Crippen molar-refractivity contribution in [3.8, 4) is 0 Å². The van der Waals surface area contributed by atoms with Crippen molar-refractivity contribution in [1.29, 1.82) is 0 Å². The lowest BCUT2D eigenvalue weighted by Crippen LogP contribution is -2.49. The van der Waals surface area contributed by atoms with Gasteiger partial charge in [-0.3, -0.25) is 4.79 Å². The fraction of sp³-hybridized carbons (Fsp3) is 0.533. The second-order valence-corrected chi connectivity index (χ2v) is 7.44. The summed E-state index contributed by atoms with van der Waals surface area (Å²) in [5, 5.41) is 9.15. The summed E-state index contributed by atoms with van der Waals surface area (Å²) >= 11 is 0. The van der Waals surface area contributed by atoms with Crippen LogP contribution in [0.15, 0.2) is 30.3 Å². The number of aliphatic hydroxyl groups is 1. The number of nitrogens with zero attached hydrogens (tertiary/aromatic N) is 1. The monoisotopic (exact) mass is 342 g/mol. The molecular formula is C15H22N2O5S. The summed E-state index contributed by atoms with van der Waals surface area (Å²) in [6.07, 6.45) is -1.34. The second-order valence-electron chi connectivity index (χ2n) is 5.59. The zero-order valence-corrected chi connectivity index (χ0v) is 13.8. The minimum absolute atomic E-state index is 0.0400. The van der Waals surface area contributed by atoms with Crippen molar-refractivity contribution in [3.05, 3.63) is 35.9 Å². The minimum Gasteiger partial charge on any atom is -0.392 e. The maximum Gasteiger partial charge on any atom is 0.254 e. The molecule has 1 amide bonds. The number of morpholine rings is 1. The summed E-state index contributed by atoms with van der Waals surface area (Å²) in [5.41, 5.74) is 0.572. The van der Waals surface area contributed by atoms with Crippen molar-refractivity contribution in [2.24, 2.45) is 0 Å². The molecule has 2 rings (SSSR count). The Morgan fingerprint density at radius 1 is 1.43 bits per heavy atom. The standard InChI is InChI=1S/C15H22N2O5S/c1-12(18)9-16-23(20,21)11-14-10-17(7-8-22-14)15(19)13-5-3-2-4-6-13/h2-6,12,14,16,18H,7-11H2,1H3/t12-,14-/m0/s1. The predicted molar refractivity (Wildman–Crippen MR) is 85.6 cm³/mol. The Kier molecular flexibility index (Phi) is 6.11. The fourth-order valence-corrected chi connectivity index (χ4v) is 3.62. The number of aliphatic hydroxyl groups excluding tert-OH is 1. The molecule has 0 unspecified atom stereocenters. The summed E-state index contributed by atoms with van der Waals surface area (Å²) in [4.78, 5) is 14.0. The van der Waals surface area contributed by atoms with Gasteiger partial charge in [0.2, 0.25) is 10.0 Å². The van der Waals surface area contributed by atoms with Crippen LogP contribution in [0, 0.1) is 0 Å². The molecule has 1 aromatic carbocycles. The van der Waals surface area contributed by atoms with Crippen molar-refractivity contribution < 1.29 is 23.1 Å². The van der Waals surface area contributed by atoms with Crippen LogP contribution >= 0.6 is 0 Å². The zero-order chi connectivity index (χ0) is 16.9. The number of carbonyl (C=O) groups is 1. The lowest BCUT2D eigenvalue weighted by atomic mass is 10.2. The maximum absolute atomic E-state index is 12.4. The Hall–Kier alpha value is -1.48. The summed E-state index contributed by atoms with van der Waals surface area (Å²) < 4.78 is 31.7. The Balaban J connectivity index is 1.94. The smallest absolute Gasteiger partial charge is 0.254 e. The molecule has 0 spiro atoms. The van der Waals surface area contributed by atoms with Crippen molar-refractivity contribution in [2.75, 3.05) is 32.0 Å². The Labute approximate surface area is 136 Å². The number of rotatable bonds is 6. The van der Waals surface area contributed by atoms with Gasteiger partial charge >= 0.3 is 0 Å². The third kappa shape index (κ3) is 5.58. The molecule has 1 fully saturated rings. The number of sulfonamides is 1. The molecule has 0 bridgehead atoms. The Morgan fingerprint density at radius 2 is 2.13 bits per heavy atom. The van der Waals surface area contributed by atoms with Crippen LogP contribution < -0.4 is 4.72 Å². The van der Waals surface area contributed by atoms with Gasteiger partial charge in [0.25, 0.3) is 5.91 Å². The van der Waals surface area contributed by atoms with Gasteiger partial charge in [0.15, 0.2) is 0 Å². The van der Waals surface area contributed by atoms with Crippen LogP contribution in [0.4, 0.5) is 0 Å². The van der Waals surface area contributed by atoms with E-state index in [1.165, 1.54) is 6.92 Å². The van der Waals surface area contributed by atoms with Gasteiger partial charge in [-0.2, -0.15) is 0 Å². The van der Waals surface area contributed by atoms with Gasteiger partial charge in [-0.1, -0.05) is 18.2 Å². The van der Waals surface area contributed by atoms with E-state index in [1.54, 1.807) is 29.2 Å². The molecule has 7 nitrogen and oxygen atoms in total. The first-order chi connectivity index (χ1) is 10.9. The van der Waals surface area contributed by atoms with Gasteiger partial charge in [0.1, 0.15) is 0 Å². The zero-order valence-electron chi connectivity index (χ0n) is 13.0. The molecule has 2 N–H and O–H groups in total. The van der Waals surface area contributed by atoms with Crippen LogP contribution in [0.5, 0.6) is 0 Å². The molecule has 1 saturated heterocycles. The van der Waals surface area contributed by atoms with Gasteiger partial charge in [-0.05, 0) is 19.1 Å². The first-order valence-corrected chi connectivity index (χ1v) is 9.14. The average Bonchev–Trinajstić information content (AvgIpc) is 2.53. The van der Waals surface area contributed by atoms with Crippen LogP contribution in [0.2, 0.25) is 0 Å². The Bertz CT molecular complexity index is 618. The second kappa shape index (κ2) is 7.87. The molecule has 128 valence electrons. The SMILES string of the molecule is C[C@H](O)CNS(=O)(=O)C[C@@H]1CN(C(=O)c2ccccc2)CCO1. The molecule has 8 heteroatoms. The molecule has 23 heavy (non-hydrogen) atoms. The number of nitrogens with one attached hydrogen (secondary N) is 1. The highest BCUT2D eigenvalue weighted by molar-refractivity contribution is 7.89. The largest absolute Gasteiger partial charge is 0.392 e. The highest BCUT2D eigenvalue weighted by Gasteiger charge is 2.28. The molecule has 1 aromatic rings. The number of hydrogen-bond donors (Lipinski definition) is 2. The predicted octanol–water partition coefficient (Wildman–Crippen LogP) is -0.172. The van der Waals surface area contributed by atoms with E-state index in [0.29, 0.717) is 18.7 Å². The highest BCUT2D eigenvalue weighted by Crippen LogP contribution is 2.12. The van der Waals surface area contributed by atoms with Gasteiger partial charge in [-0.15, -0.1) is 0 Å². The molecule has 0 radical (unpaired) electrons. The van der Waals surface area contributed by atoms with Crippen LogP contribution in [0.3, 0.4) is 0 Å². The first-order valence-electron chi connectivity index (χ1n) is 7.49. The van der Waals surface area contributed by atoms with Crippen molar-refractivity contribution in [1.82, 2.24) is 9.62 Å². The number of amides is 1. The summed E-state index contributed by atoms with van der Waals surface area (Å²) in [6.45, 7) is 2.42. The Morgan fingerprint density at radius 3 is 2.78 bits per heavy atom. The lowest BCUT2D eigenvalue weighted by molar-refractivity contribution is -0.0110. The van der Waals surface area contributed by atoms with E-state index in [2.05, 4.69) is 4.72 Å². The number of benzene rings is 1. The van der Waals surface area contributed by atoms with Crippen molar-refractivity contribution >= 4 is 15.9 Å². The van der Waals surface area contributed by atoms with E-state index in [9.17, 15) is 13.2 Å². The third-order valence-corrected chi connectivity index (χ3v) is 4.87. The minimum atomic E-state index is -3.56. The van der Waals surface area contributed by atoms with E-state index < -0.39 is 22.2 Å². The maximum atomic E-state index is 12.4. The molecular weight excluding hydrogens is 320 g/mol. The van der Waals surface area contributed by atoms with Gasteiger partial charge < -0.3 is 14.7 Å². The van der Waals surface area contributed by atoms with Crippen LogP contribution in [-0.4, -0.2) is 68.5 Å². The van der Waals surface area contributed by atoms with Crippen molar-refractivity contribution in [3.63, 3.8) is 0 Å². The molecule has 0 saturated carbocycles. The molecule has 1 aliphatic heterocycles. The summed E-state index contributed by atoms with van der Waals surface area (Å²) in [7, 11) is -3.56. The topological polar surface area (TPSA) is 95.9 Å². The summed E-state index contributed by atoms with van der Waals surface area (Å²) in [6, 6.07) is 8.87. The first kappa shape index (κ1) is 17.9. The van der Waals surface area contributed by atoms with Gasteiger partial charge in [0.05, 0.1) is 24.6 Å². The molecule has 1 heterocycles. The van der Waals surface area contributed by atoms with Crippen LogP contribution in [0.1, 0.15) is 17.3 Å². The third-order valence-electron chi connectivity index (χ3n) is 3.45. The van der Waals surface area contributed by atoms with E-state index in [4.69, 9.17) is 9.84 Å². The van der Waals surface area contributed by atoms with E-state index in [1.807, 2.05) is 6.07 Å².